The Morgan fingerprint density at radius 2 is 1.47 bits per heavy atom. The van der Waals surface area contributed by atoms with E-state index in [9.17, 15) is 4.79 Å². The maximum Gasteiger partial charge on any atom is 0.308 e. The molecule has 0 fully saturated rings. The van der Waals surface area contributed by atoms with Crippen LogP contribution in [0.15, 0.2) is 97.1 Å². The molecule has 4 aromatic rings. The van der Waals surface area contributed by atoms with Crippen molar-refractivity contribution in [1.82, 2.24) is 0 Å². The highest BCUT2D eigenvalue weighted by atomic mass is 16.5. The second-order valence-electron chi connectivity index (χ2n) is 8.76. The van der Waals surface area contributed by atoms with E-state index in [1.807, 2.05) is 84.9 Å². The Morgan fingerprint density at radius 1 is 0.806 bits per heavy atom. The maximum atomic E-state index is 11.4. The van der Waals surface area contributed by atoms with E-state index >= 15 is 0 Å². The lowest BCUT2D eigenvalue weighted by atomic mass is 9.96. The number of fused-ring (bicyclic) bond motifs is 1. The van der Waals surface area contributed by atoms with Gasteiger partial charge in [-0.15, -0.1) is 0 Å². The van der Waals surface area contributed by atoms with Crippen molar-refractivity contribution < 1.29 is 23.7 Å². The van der Waals surface area contributed by atoms with Gasteiger partial charge in [0.05, 0.1) is 0 Å². The Hall–Kier alpha value is -4.25. The van der Waals surface area contributed by atoms with Crippen LogP contribution in [0.2, 0.25) is 0 Å². The summed E-state index contributed by atoms with van der Waals surface area (Å²) in [6, 6.07) is 31.6. The Morgan fingerprint density at radius 3 is 2.17 bits per heavy atom. The van der Waals surface area contributed by atoms with E-state index in [1.54, 1.807) is 12.1 Å². The van der Waals surface area contributed by atoms with Gasteiger partial charge in [-0.3, -0.25) is 4.79 Å². The molecule has 0 aliphatic carbocycles. The van der Waals surface area contributed by atoms with Crippen molar-refractivity contribution >= 4 is 5.97 Å². The average Bonchev–Trinajstić information content (AvgIpc) is 2.91. The molecule has 1 aliphatic heterocycles. The van der Waals surface area contributed by atoms with Crippen molar-refractivity contribution in [2.45, 2.75) is 39.1 Å². The molecule has 4 aromatic carbocycles. The smallest absolute Gasteiger partial charge is 0.308 e. The van der Waals surface area contributed by atoms with Crippen LogP contribution in [0.1, 0.15) is 41.7 Å². The summed E-state index contributed by atoms with van der Waals surface area (Å²) >= 11 is 0. The van der Waals surface area contributed by atoms with E-state index in [1.165, 1.54) is 6.92 Å². The van der Waals surface area contributed by atoms with Crippen molar-refractivity contribution in [3.05, 3.63) is 119 Å². The molecule has 182 valence electrons. The Labute approximate surface area is 211 Å². The van der Waals surface area contributed by atoms with Crippen LogP contribution in [0.4, 0.5) is 0 Å². The predicted octanol–water partition coefficient (Wildman–Crippen LogP) is 6.84. The molecule has 5 nitrogen and oxygen atoms in total. The summed E-state index contributed by atoms with van der Waals surface area (Å²) in [5.74, 6) is 2.31. The number of benzene rings is 4. The van der Waals surface area contributed by atoms with E-state index in [2.05, 4.69) is 0 Å². The summed E-state index contributed by atoms with van der Waals surface area (Å²) in [7, 11) is 0. The van der Waals surface area contributed by atoms with Gasteiger partial charge < -0.3 is 18.9 Å². The molecule has 0 saturated carbocycles. The minimum atomic E-state index is -0.356. The zero-order valence-corrected chi connectivity index (χ0v) is 20.2. The number of esters is 1. The Balaban J connectivity index is 1.38. The minimum Gasteiger partial charge on any atom is -0.489 e. The fraction of sp³-hybridized carbons (Fsp3) is 0.194. The molecule has 0 bridgehead atoms. The summed E-state index contributed by atoms with van der Waals surface area (Å²) in [6.07, 6.45) is 1.47. The highest BCUT2D eigenvalue weighted by molar-refractivity contribution is 5.69. The lowest BCUT2D eigenvalue weighted by Gasteiger charge is -2.28. The van der Waals surface area contributed by atoms with Crippen LogP contribution < -0.4 is 18.9 Å². The number of hydrogen-bond acceptors (Lipinski definition) is 5. The quantitative estimate of drug-likeness (QED) is 0.204. The number of aryl methyl sites for hydroxylation is 1. The molecule has 0 radical (unpaired) electrons. The lowest BCUT2D eigenvalue weighted by Crippen LogP contribution is -2.16. The molecule has 1 atom stereocenters. The van der Waals surface area contributed by atoms with Gasteiger partial charge in [0.25, 0.3) is 0 Å². The first-order valence-electron chi connectivity index (χ1n) is 12.1. The van der Waals surface area contributed by atoms with Crippen LogP contribution in [-0.4, -0.2) is 5.97 Å². The fourth-order valence-corrected chi connectivity index (χ4v) is 4.27. The summed E-state index contributed by atoms with van der Waals surface area (Å²) in [5.41, 5.74) is 4.24. The van der Waals surface area contributed by atoms with Gasteiger partial charge in [-0.25, -0.2) is 0 Å². The third-order valence-electron chi connectivity index (χ3n) is 6.06. The average molecular weight is 481 g/mol. The molecule has 0 saturated heterocycles. The summed E-state index contributed by atoms with van der Waals surface area (Å²) in [6.45, 7) is 2.31. The molecule has 0 N–H and O–H groups in total. The molecule has 1 aliphatic rings. The first kappa shape index (κ1) is 23.5. The third-order valence-corrected chi connectivity index (χ3v) is 6.06. The topological polar surface area (TPSA) is 54.0 Å². The fourth-order valence-electron chi connectivity index (χ4n) is 4.27. The van der Waals surface area contributed by atoms with Crippen LogP contribution in [0.25, 0.3) is 0 Å². The first-order chi connectivity index (χ1) is 17.6. The van der Waals surface area contributed by atoms with Gasteiger partial charge in [-0.05, 0) is 47.7 Å². The summed E-state index contributed by atoms with van der Waals surface area (Å²) < 4.78 is 24.0. The van der Waals surface area contributed by atoms with E-state index in [0.717, 1.165) is 52.3 Å². The number of carbonyl (C=O) groups excluding carboxylic acids is 1. The van der Waals surface area contributed by atoms with Crippen LogP contribution in [0.5, 0.6) is 23.0 Å². The molecule has 5 heteroatoms. The number of rotatable bonds is 8. The molecular weight excluding hydrogens is 452 g/mol. The maximum absolute atomic E-state index is 11.4. The molecule has 0 spiro atoms. The van der Waals surface area contributed by atoms with Gasteiger partial charge in [-0.2, -0.15) is 0 Å². The predicted molar refractivity (Wildman–Crippen MR) is 137 cm³/mol. The lowest BCUT2D eigenvalue weighted by molar-refractivity contribution is -0.131. The normalized spacial score (nSPS) is 14.3. The van der Waals surface area contributed by atoms with Crippen molar-refractivity contribution in [2.75, 3.05) is 0 Å². The van der Waals surface area contributed by atoms with Gasteiger partial charge in [0.15, 0.2) is 0 Å². The second kappa shape index (κ2) is 11.0. The van der Waals surface area contributed by atoms with E-state index in [4.69, 9.17) is 18.9 Å². The molecular formula is C31H28O5. The Bertz CT molecular complexity index is 1320. The molecule has 5 rings (SSSR count). The van der Waals surface area contributed by atoms with Gasteiger partial charge in [0.2, 0.25) is 0 Å². The van der Waals surface area contributed by atoms with Crippen LogP contribution in [-0.2, 0) is 24.4 Å². The van der Waals surface area contributed by atoms with Crippen molar-refractivity contribution in [2.24, 2.45) is 0 Å². The van der Waals surface area contributed by atoms with Crippen molar-refractivity contribution in [1.29, 1.82) is 0 Å². The number of ether oxygens (including phenoxy) is 4. The second-order valence-corrected chi connectivity index (χ2v) is 8.76. The minimum absolute atomic E-state index is 0.195. The standard InChI is InChI=1S/C31H28O5/c1-22(32)35-27-14-12-25-13-17-29(36-30(25)19-27)28-16-15-26(33-20-23-8-4-2-5-9-23)18-31(28)34-21-24-10-6-3-7-11-24/h2-12,14-16,18-19,29H,13,17,20-21H2,1H3. The molecule has 1 unspecified atom stereocenters. The van der Waals surface area contributed by atoms with Crippen LogP contribution >= 0.6 is 0 Å². The van der Waals surface area contributed by atoms with Gasteiger partial charge in [0, 0.05) is 24.6 Å². The third kappa shape index (κ3) is 5.87. The van der Waals surface area contributed by atoms with Gasteiger partial charge >= 0.3 is 5.97 Å². The van der Waals surface area contributed by atoms with Crippen molar-refractivity contribution in [3.63, 3.8) is 0 Å². The van der Waals surface area contributed by atoms with Gasteiger partial charge in [-0.1, -0.05) is 66.7 Å². The zero-order valence-electron chi connectivity index (χ0n) is 20.2. The highest BCUT2D eigenvalue weighted by Crippen LogP contribution is 2.41. The van der Waals surface area contributed by atoms with E-state index < -0.39 is 0 Å². The van der Waals surface area contributed by atoms with E-state index in [0.29, 0.717) is 19.0 Å². The summed E-state index contributed by atoms with van der Waals surface area (Å²) in [4.78, 5) is 11.4. The highest BCUT2D eigenvalue weighted by Gasteiger charge is 2.25. The largest absolute Gasteiger partial charge is 0.489 e. The number of carbonyl (C=O) groups is 1. The van der Waals surface area contributed by atoms with Crippen molar-refractivity contribution in [3.8, 4) is 23.0 Å². The molecule has 36 heavy (non-hydrogen) atoms. The zero-order chi connectivity index (χ0) is 24.7. The van der Waals surface area contributed by atoms with Crippen LogP contribution in [0, 0.1) is 0 Å². The Kier molecular flexibility index (Phi) is 7.17. The molecule has 0 aromatic heterocycles. The van der Waals surface area contributed by atoms with Gasteiger partial charge in [0.1, 0.15) is 42.3 Å². The monoisotopic (exact) mass is 480 g/mol. The molecule has 1 heterocycles. The molecule has 0 amide bonds. The van der Waals surface area contributed by atoms with Crippen LogP contribution in [0.3, 0.4) is 0 Å². The van der Waals surface area contributed by atoms with E-state index in [-0.39, 0.29) is 12.1 Å². The first-order valence-corrected chi connectivity index (χ1v) is 12.1. The summed E-state index contributed by atoms with van der Waals surface area (Å²) in [5, 5.41) is 0. The SMILES string of the molecule is CC(=O)Oc1ccc2c(c1)OC(c1ccc(OCc3ccccc3)cc1OCc1ccccc1)CC2. The number of hydrogen-bond donors (Lipinski definition) is 0.